The van der Waals surface area contributed by atoms with Gasteiger partial charge < -0.3 is 4.74 Å². The smallest absolute Gasteiger partial charge is 0.220 e. The molecule has 2 aromatic carbocycles. The van der Waals surface area contributed by atoms with Gasteiger partial charge in [0, 0.05) is 17.5 Å². The Balaban J connectivity index is 1.64. The third kappa shape index (κ3) is 4.60. The zero-order chi connectivity index (χ0) is 21.6. The normalized spacial score (nSPS) is 10.9. The van der Waals surface area contributed by atoms with Gasteiger partial charge in [-0.3, -0.25) is 0 Å². The maximum absolute atomic E-state index is 5.60. The number of nitrogens with zero attached hydrogens (tertiary/aromatic N) is 5. The molecule has 0 aliphatic heterocycles. The van der Waals surface area contributed by atoms with E-state index in [-0.39, 0.29) is 0 Å². The summed E-state index contributed by atoms with van der Waals surface area (Å²) in [4.78, 5) is 9.21. The third-order valence-corrected chi connectivity index (χ3v) is 5.30. The lowest BCUT2D eigenvalue weighted by Crippen LogP contribution is -2.07. The molecule has 2 aromatic heterocycles. The van der Waals surface area contributed by atoms with Gasteiger partial charge in [-0.05, 0) is 46.9 Å². The van der Waals surface area contributed by atoms with Crippen LogP contribution in [0.5, 0.6) is 5.88 Å². The van der Waals surface area contributed by atoms with E-state index in [0.29, 0.717) is 11.7 Å². The molecule has 31 heavy (non-hydrogen) atoms. The summed E-state index contributed by atoms with van der Waals surface area (Å²) in [5, 5.41) is 14.3. The van der Waals surface area contributed by atoms with Crippen molar-refractivity contribution in [2.24, 2.45) is 0 Å². The Bertz CT molecular complexity index is 1140. The Morgan fingerprint density at radius 2 is 1.74 bits per heavy atom. The first-order valence-corrected chi connectivity index (χ1v) is 10.5. The van der Waals surface area contributed by atoms with Crippen LogP contribution in [0.1, 0.15) is 42.4 Å². The molecular weight excluding hydrogens is 388 g/mol. The number of tetrazole rings is 1. The molecule has 0 saturated heterocycles. The Hall–Kier alpha value is -3.61. The van der Waals surface area contributed by atoms with Gasteiger partial charge >= 0.3 is 0 Å². The molecule has 4 aromatic rings. The van der Waals surface area contributed by atoms with Crippen molar-refractivity contribution in [3.8, 4) is 28.4 Å². The molecule has 0 bridgehead atoms. The number of hydrogen-bond donors (Lipinski definition) is 1. The van der Waals surface area contributed by atoms with Crippen LogP contribution in [0.15, 0.2) is 48.5 Å². The molecule has 1 N–H and O–H groups in total. The van der Waals surface area contributed by atoms with Gasteiger partial charge in [-0.2, -0.15) is 4.98 Å². The van der Waals surface area contributed by atoms with Crippen molar-refractivity contribution in [2.75, 3.05) is 7.11 Å². The van der Waals surface area contributed by atoms with E-state index in [0.717, 1.165) is 59.5 Å². The molecule has 0 aliphatic rings. The highest BCUT2D eigenvalue weighted by atomic mass is 16.5. The summed E-state index contributed by atoms with van der Waals surface area (Å²) in [6.07, 6.45) is 3.89. The number of unbranched alkanes of at least 4 members (excludes halogenated alkanes) is 1. The topological polar surface area (TPSA) is 89.5 Å². The number of aromatic amines is 1. The van der Waals surface area contributed by atoms with Crippen LogP contribution in [0.4, 0.5) is 0 Å². The minimum Gasteiger partial charge on any atom is -0.481 e. The van der Waals surface area contributed by atoms with Gasteiger partial charge in [0.25, 0.3) is 0 Å². The molecule has 0 saturated carbocycles. The van der Waals surface area contributed by atoms with Crippen LogP contribution in [0.25, 0.3) is 22.5 Å². The van der Waals surface area contributed by atoms with Crippen LogP contribution in [0.3, 0.4) is 0 Å². The molecule has 0 fully saturated rings. The molecule has 0 unspecified atom stereocenters. The Morgan fingerprint density at radius 3 is 2.42 bits per heavy atom. The minimum absolute atomic E-state index is 0.654. The van der Waals surface area contributed by atoms with Gasteiger partial charge in [0.2, 0.25) is 5.88 Å². The van der Waals surface area contributed by atoms with E-state index in [4.69, 9.17) is 9.72 Å². The average Bonchev–Trinajstić information content (AvgIpc) is 3.34. The standard InChI is InChI=1S/C24H26N6O/c1-4-5-10-22-21(24(31-3)26-16(2)25-22)15-17-11-13-18(14-12-17)19-8-6-7-9-20(19)23-27-29-30-28-23/h6-9,11-14H,4-5,10,15H2,1-3H3,(H,27,28,29,30). The van der Waals surface area contributed by atoms with Crippen molar-refractivity contribution in [3.05, 3.63) is 71.2 Å². The molecule has 7 heteroatoms. The maximum Gasteiger partial charge on any atom is 0.220 e. The molecule has 2 heterocycles. The van der Waals surface area contributed by atoms with E-state index in [1.54, 1.807) is 7.11 Å². The van der Waals surface area contributed by atoms with Crippen molar-refractivity contribution in [2.45, 2.75) is 39.5 Å². The van der Waals surface area contributed by atoms with E-state index >= 15 is 0 Å². The van der Waals surface area contributed by atoms with Gasteiger partial charge in [0.05, 0.1) is 12.8 Å². The van der Waals surface area contributed by atoms with Crippen LogP contribution in [0, 0.1) is 6.92 Å². The Morgan fingerprint density at radius 1 is 0.968 bits per heavy atom. The van der Waals surface area contributed by atoms with Crippen LogP contribution < -0.4 is 4.74 Å². The van der Waals surface area contributed by atoms with Crippen LogP contribution in [0.2, 0.25) is 0 Å². The SMILES string of the molecule is CCCCc1nc(C)nc(OC)c1Cc1ccc(-c2ccccc2-c2nnn[nH]2)cc1. The summed E-state index contributed by atoms with van der Waals surface area (Å²) < 4.78 is 5.60. The monoisotopic (exact) mass is 414 g/mol. The van der Waals surface area contributed by atoms with Crippen molar-refractivity contribution in [3.63, 3.8) is 0 Å². The maximum atomic E-state index is 5.60. The van der Waals surface area contributed by atoms with Gasteiger partial charge in [-0.15, -0.1) is 5.10 Å². The predicted molar refractivity (Wildman–Crippen MR) is 120 cm³/mol. The second-order valence-electron chi connectivity index (χ2n) is 7.48. The van der Waals surface area contributed by atoms with Crippen LogP contribution >= 0.6 is 0 Å². The lowest BCUT2D eigenvalue weighted by atomic mass is 9.96. The van der Waals surface area contributed by atoms with E-state index in [2.05, 4.69) is 62.9 Å². The number of H-pyrrole nitrogens is 1. The molecule has 4 rings (SSSR count). The molecule has 0 amide bonds. The van der Waals surface area contributed by atoms with Crippen molar-refractivity contribution in [1.82, 2.24) is 30.6 Å². The largest absolute Gasteiger partial charge is 0.481 e. The Labute approximate surface area is 181 Å². The number of ether oxygens (including phenoxy) is 1. The molecule has 0 aliphatic carbocycles. The number of hydrogen-bond acceptors (Lipinski definition) is 6. The summed E-state index contributed by atoms with van der Waals surface area (Å²) in [6.45, 7) is 4.11. The van der Waals surface area contributed by atoms with Crippen molar-refractivity contribution >= 4 is 0 Å². The Kier molecular flexibility index (Phi) is 6.31. The molecule has 0 radical (unpaired) electrons. The van der Waals surface area contributed by atoms with E-state index in [9.17, 15) is 0 Å². The summed E-state index contributed by atoms with van der Waals surface area (Å²) in [6, 6.07) is 16.6. The summed E-state index contributed by atoms with van der Waals surface area (Å²) in [5.41, 5.74) is 6.49. The zero-order valence-corrected chi connectivity index (χ0v) is 18.1. The first kappa shape index (κ1) is 20.7. The fourth-order valence-corrected chi connectivity index (χ4v) is 3.74. The lowest BCUT2D eigenvalue weighted by Gasteiger charge is -2.14. The highest BCUT2D eigenvalue weighted by Gasteiger charge is 2.15. The summed E-state index contributed by atoms with van der Waals surface area (Å²) in [7, 11) is 1.67. The number of nitrogens with one attached hydrogen (secondary N) is 1. The first-order valence-electron chi connectivity index (χ1n) is 10.5. The molecular formula is C24H26N6O. The van der Waals surface area contributed by atoms with Gasteiger partial charge in [0.15, 0.2) is 5.82 Å². The van der Waals surface area contributed by atoms with E-state index in [1.165, 1.54) is 5.56 Å². The van der Waals surface area contributed by atoms with Gasteiger partial charge in [-0.25, -0.2) is 10.1 Å². The zero-order valence-electron chi connectivity index (χ0n) is 18.1. The van der Waals surface area contributed by atoms with Crippen molar-refractivity contribution in [1.29, 1.82) is 0 Å². The predicted octanol–water partition coefficient (Wildman–Crippen LogP) is 4.57. The van der Waals surface area contributed by atoms with Gasteiger partial charge in [0.1, 0.15) is 5.82 Å². The first-order chi connectivity index (χ1) is 15.2. The van der Waals surface area contributed by atoms with Crippen LogP contribution in [-0.2, 0) is 12.8 Å². The minimum atomic E-state index is 0.654. The van der Waals surface area contributed by atoms with Crippen LogP contribution in [-0.4, -0.2) is 37.7 Å². The second kappa shape index (κ2) is 9.47. The number of rotatable bonds is 8. The number of benzene rings is 2. The fourth-order valence-electron chi connectivity index (χ4n) is 3.74. The number of aromatic nitrogens is 6. The molecule has 158 valence electrons. The summed E-state index contributed by atoms with van der Waals surface area (Å²) in [5.74, 6) is 2.08. The molecule has 7 nitrogen and oxygen atoms in total. The lowest BCUT2D eigenvalue weighted by molar-refractivity contribution is 0.389. The fraction of sp³-hybridized carbons (Fsp3) is 0.292. The highest BCUT2D eigenvalue weighted by Crippen LogP contribution is 2.31. The van der Waals surface area contributed by atoms with E-state index in [1.807, 2.05) is 25.1 Å². The highest BCUT2D eigenvalue weighted by molar-refractivity contribution is 5.80. The number of aryl methyl sites for hydroxylation is 2. The quantitative estimate of drug-likeness (QED) is 0.454. The third-order valence-electron chi connectivity index (χ3n) is 5.30. The van der Waals surface area contributed by atoms with Crippen molar-refractivity contribution < 1.29 is 4.74 Å². The number of methoxy groups -OCH3 is 1. The summed E-state index contributed by atoms with van der Waals surface area (Å²) >= 11 is 0. The molecule has 0 atom stereocenters. The molecule has 0 spiro atoms. The van der Waals surface area contributed by atoms with Gasteiger partial charge in [-0.1, -0.05) is 61.9 Å². The average molecular weight is 415 g/mol. The van der Waals surface area contributed by atoms with E-state index < -0.39 is 0 Å². The second-order valence-corrected chi connectivity index (χ2v) is 7.48.